The van der Waals surface area contributed by atoms with Gasteiger partial charge in [0.1, 0.15) is 5.75 Å². The second-order valence-corrected chi connectivity index (χ2v) is 4.39. The Bertz CT molecular complexity index is 529. The average Bonchev–Trinajstić information content (AvgIpc) is 2.40. The standard InChI is InChI=1S/C17H20O/c1-4-14-10-8-12-16(18-5-2)17(14)15-11-7-6-9-13(15)3/h6-12H,4-5H2,1-3H3. The van der Waals surface area contributed by atoms with E-state index < -0.39 is 0 Å². The first-order valence-electron chi connectivity index (χ1n) is 6.58. The topological polar surface area (TPSA) is 9.23 Å². The van der Waals surface area contributed by atoms with Crippen LogP contribution in [0.15, 0.2) is 42.5 Å². The van der Waals surface area contributed by atoms with Crippen molar-refractivity contribution in [2.75, 3.05) is 6.61 Å². The number of rotatable bonds is 4. The van der Waals surface area contributed by atoms with Crippen LogP contribution in [-0.4, -0.2) is 6.61 Å². The van der Waals surface area contributed by atoms with Gasteiger partial charge in [-0.05, 0) is 43.0 Å². The van der Waals surface area contributed by atoms with Gasteiger partial charge in [-0.3, -0.25) is 0 Å². The molecule has 0 radical (unpaired) electrons. The van der Waals surface area contributed by atoms with Crippen molar-refractivity contribution in [1.82, 2.24) is 0 Å². The van der Waals surface area contributed by atoms with Crippen LogP contribution in [-0.2, 0) is 6.42 Å². The van der Waals surface area contributed by atoms with Gasteiger partial charge < -0.3 is 4.74 Å². The normalized spacial score (nSPS) is 10.4. The van der Waals surface area contributed by atoms with Gasteiger partial charge in [0.2, 0.25) is 0 Å². The van der Waals surface area contributed by atoms with Crippen molar-refractivity contribution in [2.24, 2.45) is 0 Å². The first-order chi connectivity index (χ1) is 8.77. The van der Waals surface area contributed by atoms with Crippen LogP contribution < -0.4 is 4.74 Å². The molecule has 1 nitrogen and oxygen atoms in total. The molecule has 0 aliphatic rings. The van der Waals surface area contributed by atoms with Crippen LogP contribution in [0.5, 0.6) is 5.75 Å². The van der Waals surface area contributed by atoms with Gasteiger partial charge in [0.15, 0.2) is 0 Å². The predicted octanol–water partition coefficient (Wildman–Crippen LogP) is 4.62. The fraction of sp³-hybridized carbons (Fsp3) is 0.294. The molecule has 0 aliphatic heterocycles. The summed E-state index contributed by atoms with van der Waals surface area (Å²) in [5.74, 6) is 0.992. The summed E-state index contributed by atoms with van der Waals surface area (Å²) in [6.45, 7) is 7.07. The van der Waals surface area contributed by atoms with Crippen molar-refractivity contribution in [3.63, 3.8) is 0 Å². The third-order valence-corrected chi connectivity index (χ3v) is 3.21. The number of aryl methyl sites for hydroxylation is 2. The summed E-state index contributed by atoms with van der Waals surface area (Å²) in [6, 6.07) is 14.8. The molecule has 0 unspecified atom stereocenters. The van der Waals surface area contributed by atoms with E-state index in [1.807, 2.05) is 6.92 Å². The fourth-order valence-electron chi connectivity index (χ4n) is 2.31. The van der Waals surface area contributed by atoms with Gasteiger partial charge in [-0.25, -0.2) is 0 Å². The molecule has 0 saturated carbocycles. The molecule has 1 heteroatoms. The third kappa shape index (κ3) is 2.40. The molecule has 2 aromatic rings. The van der Waals surface area contributed by atoms with Crippen LogP contribution in [0.1, 0.15) is 25.0 Å². The number of ether oxygens (including phenoxy) is 1. The Hall–Kier alpha value is -1.76. The third-order valence-electron chi connectivity index (χ3n) is 3.21. The number of hydrogen-bond donors (Lipinski definition) is 0. The average molecular weight is 240 g/mol. The summed E-state index contributed by atoms with van der Waals surface area (Å²) in [5, 5.41) is 0. The largest absolute Gasteiger partial charge is 0.493 e. The molecular weight excluding hydrogens is 220 g/mol. The van der Waals surface area contributed by atoms with Crippen LogP contribution in [0.25, 0.3) is 11.1 Å². The van der Waals surface area contributed by atoms with E-state index in [0.29, 0.717) is 6.61 Å². The Labute approximate surface area is 109 Å². The Morgan fingerprint density at radius 2 is 1.72 bits per heavy atom. The number of benzene rings is 2. The lowest BCUT2D eigenvalue weighted by Gasteiger charge is -2.16. The Balaban J connectivity index is 2.64. The van der Waals surface area contributed by atoms with E-state index in [0.717, 1.165) is 12.2 Å². The minimum absolute atomic E-state index is 0.700. The Morgan fingerprint density at radius 3 is 2.39 bits per heavy atom. The van der Waals surface area contributed by atoms with Crippen molar-refractivity contribution in [1.29, 1.82) is 0 Å². The maximum atomic E-state index is 5.79. The van der Waals surface area contributed by atoms with Crippen LogP contribution in [0.2, 0.25) is 0 Å². The zero-order valence-electron chi connectivity index (χ0n) is 11.4. The predicted molar refractivity (Wildman–Crippen MR) is 77.2 cm³/mol. The molecule has 0 saturated heterocycles. The van der Waals surface area contributed by atoms with E-state index in [1.165, 1.54) is 22.3 Å². The van der Waals surface area contributed by atoms with Gasteiger partial charge in [0, 0.05) is 5.56 Å². The van der Waals surface area contributed by atoms with E-state index in [4.69, 9.17) is 4.74 Å². The summed E-state index contributed by atoms with van der Waals surface area (Å²) in [6.07, 6.45) is 1.02. The molecule has 0 fully saturated rings. The van der Waals surface area contributed by atoms with Crippen LogP contribution >= 0.6 is 0 Å². The lowest BCUT2D eigenvalue weighted by molar-refractivity contribution is 0.341. The quantitative estimate of drug-likeness (QED) is 0.757. The molecular formula is C17H20O. The molecule has 2 aromatic carbocycles. The van der Waals surface area contributed by atoms with Crippen molar-refractivity contribution in [2.45, 2.75) is 27.2 Å². The molecule has 0 aliphatic carbocycles. The SMILES string of the molecule is CCOc1cccc(CC)c1-c1ccccc1C. The van der Waals surface area contributed by atoms with Gasteiger partial charge >= 0.3 is 0 Å². The molecule has 18 heavy (non-hydrogen) atoms. The zero-order valence-corrected chi connectivity index (χ0v) is 11.4. The van der Waals surface area contributed by atoms with E-state index in [2.05, 4.69) is 56.3 Å². The highest BCUT2D eigenvalue weighted by molar-refractivity contribution is 5.76. The summed E-state index contributed by atoms with van der Waals surface area (Å²) < 4.78 is 5.79. The fourth-order valence-corrected chi connectivity index (χ4v) is 2.31. The maximum absolute atomic E-state index is 5.79. The summed E-state index contributed by atoms with van der Waals surface area (Å²) in [5.41, 5.74) is 5.16. The smallest absolute Gasteiger partial charge is 0.127 e. The van der Waals surface area contributed by atoms with E-state index in [1.54, 1.807) is 0 Å². The highest BCUT2D eigenvalue weighted by Gasteiger charge is 2.12. The maximum Gasteiger partial charge on any atom is 0.127 e. The number of hydrogen-bond acceptors (Lipinski definition) is 1. The summed E-state index contributed by atoms with van der Waals surface area (Å²) in [4.78, 5) is 0. The minimum atomic E-state index is 0.700. The highest BCUT2D eigenvalue weighted by Crippen LogP contribution is 2.35. The summed E-state index contributed by atoms with van der Waals surface area (Å²) >= 11 is 0. The second-order valence-electron chi connectivity index (χ2n) is 4.39. The first-order valence-corrected chi connectivity index (χ1v) is 6.58. The van der Waals surface area contributed by atoms with E-state index in [9.17, 15) is 0 Å². The van der Waals surface area contributed by atoms with Crippen molar-refractivity contribution >= 4 is 0 Å². The van der Waals surface area contributed by atoms with Crippen LogP contribution in [0, 0.1) is 6.92 Å². The highest BCUT2D eigenvalue weighted by atomic mass is 16.5. The van der Waals surface area contributed by atoms with E-state index >= 15 is 0 Å². The molecule has 0 spiro atoms. The minimum Gasteiger partial charge on any atom is -0.493 e. The molecule has 0 amide bonds. The lowest BCUT2D eigenvalue weighted by atomic mass is 9.94. The molecule has 0 atom stereocenters. The Kier molecular flexibility index (Phi) is 4.03. The second kappa shape index (κ2) is 5.72. The van der Waals surface area contributed by atoms with Crippen molar-refractivity contribution in [3.05, 3.63) is 53.6 Å². The van der Waals surface area contributed by atoms with Crippen molar-refractivity contribution < 1.29 is 4.74 Å². The van der Waals surface area contributed by atoms with Crippen molar-refractivity contribution in [3.8, 4) is 16.9 Å². The van der Waals surface area contributed by atoms with Gasteiger partial charge in [-0.2, -0.15) is 0 Å². The summed E-state index contributed by atoms with van der Waals surface area (Å²) in [7, 11) is 0. The Morgan fingerprint density at radius 1 is 0.944 bits per heavy atom. The molecule has 0 heterocycles. The van der Waals surface area contributed by atoms with Gasteiger partial charge in [0.05, 0.1) is 6.61 Å². The molecule has 0 aromatic heterocycles. The van der Waals surface area contributed by atoms with Gasteiger partial charge in [0.25, 0.3) is 0 Å². The van der Waals surface area contributed by atoms with Gasteiger partial charge in [-0.15, -0.1) is 0 Å². The molecule has 0 bridgehead atoms. The van der Waals surface area contributed by atoms with Crippen LogP contribution in [0.3, 0.4) is 0 Å². The van der Waals surface area contributed by atoms with Gasteiger partial charge in [-0.1, -0.05) is 43.3 Å². The lowest BCUT2D eigenvalue weighted by Crippen LogP contribution is -1.98. The molecule has 2 rings (SSSR count). The van der Waals surface area contributed by atoms with Crippen LogP contribution in [0.4, 0.5) is 0 Å². The zero-order chi connectivity index (χ0) is 13.0. The monoisotopic (exact) mass is 240 g/mol. The van der Waals surface area contributed by atoms with E-state index in [-0.39, 0.29) is 0 Å². The molecule has 94 valence electrons. The molecule has 0 N–H and O–H groups in total. The first kappa shape index (κ1) is 12.7.